The molecular formula is C13H19N3O2. The second-order valence-electron chi connectivity index (χ2n) is 4.62. The van der Waals surface area contributed by atoms with Crippen LogP contribution in [0.15, 0.2) is 29.4 Å². The molecule has 0 saturated carbocycles. The minimum atomic E-state index is 0.135. The number of amidine groups is 1. The first kappa shape index (κ1) is 12.7. The topological polar surface area (TPSA) is 82.1 Å². The van der Waals surface area contributed by atoms with Crippen molar-refractivity contribution in [2.24, 2.45) is 16.8 Å². The van der Waals surface area contributed by atoms with E-state index in [4.69, 9.17) is 16.0 Å². The Morgan fingerprint density at radius 1 is 1.44 bits per heavy atom. The number of benzene rings is 1. The molecule has 1 aliphatic heterocycles. The van der Waals surface area contributed by atoms with Gasteiger partial charge in [0, 0.05) is 30.9 Å². The lowest BCUT2D eigenvalue weighted by Gasteiger charge is -2.21. The Morgan fingerprint density at radius 2 is 2.22 bits per heavy atom. The van der Waals surface area contributed by atoms with Crippen LogP contribution < -0.4 is 10.6 Å². The van der Waals surface area contributed by atoms with Crippen LogP contribution in [0.3, 0.4) is 0 Å². The summed E-state index contributed by atoms with van der Waals surface area (Å²) in [5.74, 6) is 0.659. The molecule has 0 aromatic heterocycles. The van der Waals surface area contributed by atoms with E-state index in [1.165, 1.54) is 0 Å². The summed E-state index contributed by atoms with van der Waals surface area (Å²) >= 11 is 0. The van der Waals surface area contributed by atoms with Crippen LogP contribution in [0.1, 0.15) is 18.4 Å². The van der Waals surface area contributed by atoms with E-state index in [2.05, 4.69) is 10.1 Å². The van der Waals surface area contributed by atoms with Gasteiger partial charge in [-0.1, -0.05) is 17.3 Å². The normalized spacial score (nSPS) is 20.4. The Kier molecular flexibility index (Phi) is 4.04. The van der Waals surface area contributed by atoms with Crippen molar-refractivity contribution in [2.75, 3.05) is 24.6 Å². The second kappa shape index (κ2) is 5.73. The summed E-state index contributed by atoms with van der Waals surface area (Å²) < 4.78 is 0. The van der Waals surface area contributed by atoms with Crippen molar-refractivity contribution >= 4 is 11.5 Å². The summed E-state index contributed by atoms with van der Waals surface area (Å²) in [6.45, 7) is 2.09. The quantitative estimate of drug-likeness (QED) is 0.322. The standard InChI is InChI=1S/C13H19N3O2/c14-13(15-18)11-3-1-2-4-12(11)16-7-5-10(9-16)6-8-17/h1-4,10,17-18H,5-9H2,(H2,14,15). The number of aliphatic hydroxyl groups excluding tert-OH is 1. The molecule has 1 aromatic rings. The van der Waals surface area contributed by atoms with Crippen LogP contribution in [-0.2, 0) is 0 Å². The average Bonchev–Trinajstić information content (AvgIpc) is 2.87. The molecule has 4 N–H and O–H groups in total. The van der Waals surface area contributed by atoms with Gasteiger partial charge in [0.15, 0.2) is 5.84 Å². The maximum Gasteiger partial charge on any atom is 0.172 e. The summed E-state index contributed by atoms with van der Waals surface area (Å²) in [4.78, 5) is 2.23. The van der Waals surface area contributed by atoms with Crippen LogP contribution in [0.2, 0.25) is 0 Å². The van der Waals surface area contributed by atoms with Crippen molar-refractivity contribution in [2.45, 2.75) is 12.8 Å². The molecule has 98 valence electrons. The molecule has 0 bridgehead atoms. The van der Waals surface area contributed by atoms with Gasteiger partial charge < -0.3 is 20.9 Å². The molecular weight excluding hydrogens is 230 g/mol. The lowest BCUT2D eigenvalue weighted by atomic mass is 10.1. The van der Waals surface area contributed by atoms with Crippen molar-refractivity contribution < 1.29 is 10.3 Å². The lowest BCUT2D eigenvalue weighted by Crippen LogP contribution is -2.24. The van der Waals surface area contributed by atoms with Crippen LogP contribution in [0, 0.1) is 5.92 Å². The number of anilines is 1. The van der Waals surface area contributed by atoms with E-state index < -0.39 is 0 Å². The predicted octanol–water partition coefficient (Wildman–Crippen LogP) is 0.990. The molecule has 0 amide bonds. The fraction of sp³-hybridized carbons (Fsp3) is 0.462. The van der Waals surface area contributed by atoms with E-state index >= 15 is 0 Å². The summed E-state index contributed by atoms with van der Waals surface area (Å²) in [5, 5.41) is 20.9. The Bertz CT molecular complexity index is 434. The van der Waals surface area contributed by atoms with Crippen LogP contribution in [0.25, 0.3) is 0 Å². The van der Waals surface area contributed by atoms with E-state index in [9.17, 15) is 0 Å². The highest BCUT2D eigenvalue weighted by Crippen LogP contribution is 2.28. The van der Waals surface area contributed by atoms with E-state index in [1.807, 2.05) is 24.3 Å². The molecule has 1 aromatic carbocycles. The monoisotopic (exact) mass is 249 g/mol. The lowest BCUT2D eigenvalue weighted by molar-refractivity contribution is 0.263. The van der Waals surface area contributed by atoms with Crippen LogP contribution in [0.4, 0.5) is 5.69 Å². The number of oxime groups is 1. The number of para-hydroxylation sites is 1. The number of hydrogen-bond acceptors (Lipinski definition) is 4. The zero-order valence-electron chi connectivity index (χ0n) is 10.3. The van der Waals surface area contributed by atoms with Gasteiger partial charge in [0.05, 0.1) is 0 Å². The smallest absolute Gasteiger partial charge is 0.172 e. The molecule has 5 nitrogen and oxygen atoms in total. The van der Waals surface area contributed by atoms with Crippen LogP contribution in [-0.4, -0.2) is 35.8 Å². The fourth-order valence-electron chi connectivity index (χ4n) is 2.49. The Balaban J connectivity index is 2.19. The molecule has 18 heavy (non-hydrogen) atoms. The predicted molar refractivity (Wildman–Crippen MR) is 71.0 cm³/mol. The zero-order chi connectivity index (χ0) is 13.0. The summed E-state index contributed by atoms with van der Waals surface area (Å²) in [6.07, 6.45) is 1.91. The number of hydrogen-bond donors (Lipinski definition) is 3. The molecule has 1 aliphatic rings. The van der Waals surface area contributed by atoms with Gasteiger partial charge in [0.2, 0.25) is 0 Å². The SMILES string of the molecule is N/C(=N/O)c1ccccc1N1CCC(CCO)C1. The van der Waals surface area contributed by atoms with Crippen molar-refractivity contribution in [1.29, 1.82) is 0 Å². The molecule has 1 saturated heterocycles. The maximum absolute atomic E-state index is 8.97. The van der Waals surface area contributed by atoms with Gasteiger partial charge in [-0.25, -0.2) is 0 Å². The number of nitrogens with zero attached hydrogens (tertiary/aromatic N) is 2. The van der Waals surface area contributed by atoms with Gasteiger partial charge in [-0.3, -0.25) is 0 Å². The minimum absolute atomic E-state index is 0.135. The third kappa shape index (κ3) is 2.56. The van der Waals surface area contributed by atoms with Crippen molar-refractivity contribution in [3.8, 4) is 0 Å². The highest BCUT2D eigenvalue weighted by Gasteiger charge is 2.24. The van der Waals surface area contributed by atoms with E-state index in [1.54, 1.807) is 0 Å². The molecule has 0 spiro atoms. The van der Waals surface area contributed by atoms with Crippen LogP contribution in [0.5, 0.6) is 0 Å². The van der Waals surface area contributed by atoms with Crippen molar-refractivity contribution in [1.82, 2.24) is 0 Å². The molecule has 1 atom stereocenters. The molecule has 2 rings (SSSR count). The molecule has 0 aliphatic carbocycles. The third-order valence-electron chi connectivity index (χ3n) is 3.45. The molecule has 5 heteroatoms. The van der Waals surface area contributed by atoms with E-state index in [-0.39, 0.29) is 12.4 Å². The Hall–Kier alpha value is -1.75. The van der Waals surface area contributed by atoms with E-state index in [0.29, 0.717) is 5.92 Å². The molecule has 1 unspecified atom stereocenters. The minimum Gasteiger partial charge on any atom is -0.409 e. The third-order valence-corrected chi connectivity index (χ3v) is 3.45. The van der Waals surface area contributed by atoms with Gasteiger partial charge in [-0.2, -0.15) is 0 Å². The zero-order valence-corrected chi connectivity index (χ0v) is 10.3. The first-order chi connectivity index (χ1) is 8.76. The van der Waals surface area contributed by atoms with Gasteiger partial charge in [0.25, 0.3) is 0 Å². The highest BCUT2D eigenvalue weighted by atomic mass is 16.4. The summed E-state index contributed by atoms with van der Waals surface area (Å²) in [6, 6.07) is 7.65. The van der Waals surface area contributed by atoms with Gasteiger partial charge >= 0.3 is 0 Å². The molecule has 1 heterocycles. The fourth-order valence-corrected chi connectivity index (χ4v) is 2.49. The second-order valence-corrected chi connectivity index (χ2v) is 4.62. The van der Waals surface area contributed by atoms with Gasteiger partial charge in [-0.05, 0) is 30.9 Å². The first-order valence-corrected chi connectivity index (χ1v) is 6.19. The maximum atomic E-state index is 8.97. The van der Waals surface area contributed by atoms with Gasteiger partial charge in [-0.15, -0.1) is 0 Å². The molecule has 0 radical (unpaired) electrons. The first-order valence-electron chi connectivity index (χ1n) is 6.19. The van der Waals surface area contributed by atoms with Crippen molar-refractivity contribution in [3.05, 3.63) is 29.8 Å². The Labute approximate surface area is 107 Å². The average molecular weight is 249 g/mol. The summed E-state index contributed by atoms with van der Waals surface area (Å²) in [7, 11) is 0. The van der Waals surface area contributed by atoms with E-state index in [0.717, 1.165) is 37.2 Å². The largest absolute Gasteiger partial charge is 0.409 e. The summed E-state index contributed by atoms with van der Waals surface area (Å²) in [5.41, 5.74) is 7.44. The highest BCUT2D eigenvalue weighted by molar-refractivity contribution is 6.02. The van der Waals surface area contributed by atoms with Gasteiger partial charge in [0.1, 0.15) is 0 Å². The number of aliphatic hydroxyl groups is 1. The number of nitrogens with two attached hydrogens (primary N) is 1. The van der Waals surface area contributed by atoms with Crippen LogP contribution >= 0.6 is 0 Å². The Morgan fingerprint density at radius 3 is 2.94 bits per heavy atom. The van der Waals surface area contributed by atoms with Crippen molar-refractivity contribution in [3.63, 3.8) is 0 Å². The molecule has 1 fully saturated rings. The number of rotatable bonds is 4.